The van der Waals surface area contributed by atoms with Crippen molar-refractivity contribution in [2.75, 3.05) is 0 Å². The number of hydrogen-bond acceptors (Lipinski definition) is 2. The van der Waals surface area contributed by atoms with Gasteiger partial charge in [0.05, 0.1) is 12.1 Å². The smallest absolute Gasteiger partial charge is 0.328 e. The van der Waals surface area contributed by atoms with E-state index in [0.717, 1.165) is 18.2 Å². The second-order valence-electron chi connectivity index (χ2n) is 5.33. The topological polar surface area (TPSA) is 57.6 Å². The molecule has 2 atom stereocenters. The van der Waals surface area contributed by atoms with Gasteiger partial charge in [-0.15, -0.1) is 6.58 Å². The fourth-order valence-electron chi connectivity index (χ4n) is 2.85. The van der Waals surface area contributed by atoms with Crippen molar-refractivity contribution in [1.82, 2.24) is 4.90 Å². The number of halogens is 2. The molecule has 1 aromatic rings. The lowest BCUT2D eigenvalue weighted by molar-refractivity contribution is -0.133. The number of benzene rings is 1. The molecule has 1 amide bonds. The van der Waals surface area contributed by atoms with Gasteiger partial charge in [-0.1, -0.05) is 18.2 Å². The van der Waals surface area contributed by atoms with E-state index in [1.165, 1.54) is 23.1 Å². The van der Waals surface area contributed by atoms with Gasteiger partial charge >= 0.3 is 5.97 Å². The van der Waals surface area contributed by atoms with Gasteiger partial charge in [0, 0.05) is 12.5 Å². The Morgan fingerprint density at radius 1 is 1.30 bits per heavy atom. The first kappa shape index (κ1) is 16.9. The summed E-state index contributed by atoms with van der Waals surface area (Å²) in [6, 6.07) is 2.75. The molecule has 0 saturated carbocycles. The highest BCUT2D eigenvalue weighted by Crippen LogP contribution is 2.37. The summed E-state index contributed by atoms with van der Waals surface area (Å²) >= 11 is 0. The Morgan fingerprint density at radius 3 is 2.65 bits per heavy atom. The molecular weight excluding hydrogens is 304 g/mol. The van der Waals surface area contributed by atoms with E-state index >= 15 is 0 Å². The van der Waals surface area contributed by atoms with Crippen LogP contribution in [0.5, 0.6) is 0 Å². The molecule has 4 nitrogen and oxygen atoms in total. The number of amides is 1. The van der Waals surface area contributed by atoms with Crippen LogP contribution >= 0.6 is 0 Å². The summed E-state index contributed by atoms with van der Waals surface area (Å²) in [6.07, 6.45) is 5.09. The second kappa shape index (κ2) is 7.17. The van der Waals surface area contributed by atoms with E-state index in [1.807, 2.05) is 0 Å². The summed E-state index contributed by atoms with van der Waals surface area (Å²) in [4.78, 5) is 24.6. The van der Waals surface area contributed by atoms with Crippen LogP contribution in [0.15, 0.2) is 43.0 Å². The van der Waals surface area contributed by atoms with Gasteiger partial charge in [-0.2, -0.15) is 0 Å². The van der Waals surface area contributed by atoms with Gasteiger partial charge in [0.15, 0.2) is 11.6 Å². The van der Waals surface area contributed by atoms with Crippen molar-refractivity contribution < 1.29 is 23.5 Å². The van der Waals surface area contributed by atoms with Crippen molar-refractivity contribution in [3.05, 3.63) is 60.2 Å². The highest BCUT2D eigenvalue weighted by molar-refractivity contribution is 5.81. The molecule has 2 rings (SSSR count). The minimum absolute atomic E-state index is 0.0948. The van der Waals surface area contributed by atoms with Gasteiger partial charge in [0.1, 0.15) is 0 Å². The lowest BCUT2D eigenvalue weighted by Crippen LogP contribution is -2.36. The van der Waals surface area contributed by atoms with Crippen LogP contribution in [-0.2, 0) is 9.59 Å². The lowest BCUT2D eigenvalue weighted by Gasteiger charge is -2.29. The Labute approximate surface area is 132 Å². The Balaban J connectivity index is 2.33. The molecule has 23 heavy (non-hydrogen) atoms. The predicted molar refractivity (Wildman–Crippen MR) is 80.6 cm³/mol. The second-order valence-corrected chi connectivity index (χ2v) is 5.33. The van der Waals surface area contributed by atoms with Crippen molar-refractivity contribution in [1.29, 1.82) is 0 Å². The van der Waals surface area contributed by atoms with E-state index in [1.54, 1.807) is 0 Å². The highest BCUT2D eigenvalue weighted by atomic mass is 19.2. The molecule has 1 aromatic carbocycles. The van der Waals surface area contributed by atoms with Crippen LogP contribution in [0.2, 0.25) is 0 Å². The van der Waals surface area contributed by atoms with Crippen molar-refractivity contribution >= 4 is 11.9 Å². The molecular formula is C17H17F2NO3. The number of aliphatic carboxylic acids is 1. The fourth-order valence-corrected chi connectivity index (χ4v) is 2.85. The number of carboxylic acid groups (broad SMARTS) is 1. The molecule has 0 unspecified atom stereocenters. The molecule has 0 aromatic heterocycles. The van der Waals surface area contributed by atoms with Crippen LogP contribution in [0.3, 0.4) is 0 Å². The molecule has 0 spiro atoms. The maximum Gasteiger partial charge on any atom is 0.328 e. The number of carbonyl (C=O) groups is 2. The number of likely N-dealkylation sites (tertiary alicyclic amines) is 1. The van der Waals surface area contributed by atoms with Crippen LogP contribution < -0.4 is 0 Å². The predicted octanol–water partition coefficient (Wildman–Crippen LogP) is 3.21. The SMILES string of the molecule is C=CCC(=O)N1[C@@H](/C=C/C(=O)O)CC[C@H]1c1ccc(F)c(F)c1. The maximum atomic E-state index is 13.5. The molecule has 0 aliphatic carbocycles. The van der Waals surface area contributed by atoms with E-state index in [0.29, 0.717) is 18.4 Å². The first-order chi connectivity index (χ1) is 10.9. The van der Waals surface area contributed by atoms with E-state index in [9.17, 15) is 18.4 Å². The number of rotatable bonds is 5. The lowest BCUT2D eigenvalue weighted by atomic mass is 10.0. The van der Waals surface area contributed by atoms with Crippen molar-refractivity contribution in [2.45, 2.75) is 31.3 Å². The van der Waals surface area contributed by atoms with Crippen LogP contribution in [0.25, 0.3) is 0 Å². The van der Waals surface area contributed by atoms with Crippen molar-refractivity contribution in [3.63, 3.8) is 0 Å². The first-order valence-electron chi connectivity index (χ1n) is 7.22. The average molecular weight is 321 g/mol. The molecule has 0 bridgehead atoms. The summed E-state index contributed by atoms with van der Waals surface area (Å²) in [5.74, 6) is -3.24. The van der Waals surface area contributed by atoms with Gasteiger partial charge < -0.3 is 10.0 Å². The third kappa shape index (κ3) is 3.83. The number of carbonyl (C=O) groups excluding carboxylic acids is 1. The van der Waals surface area contributed by atoms with E-state index in [2.05, 4.69) is 6.58 Å². The monoisotopic (exact) mass is 321 g/mol. The van der Waals surface area contributed by atoms with Crippen LogP contribution in [0, 0.1) is 11.6 Å². The van der Waals surface area contributed by atoms with Crippen LogP contribution in [-0.4, -0.2) is 27.9 Å². The molecule has 1 N–H and O–H groups in total. The molecule has 1 heterocycles. The summed E-state index contributed by atoms with van der Waals surface area (Å²) in [5, 5.41) is 8.75. The minimum atomic E-state index is -1.10. The summed E-state index contributed by atoms with van der Waals surface area (Å²) in [5.41, 5.74) is 0.493. The van der Waals surface area contributed by atoms with Gasteiger partial charge in [0.2, 0.25) is 5.91 Å². The summed E-state index contributed by atoms with van der Waals surface area (Å²) in [6.45, 7) is 3.53. The maximum absolute atomic E-state index is 13.5. The summed E-state index contributed by atoms with van der Waals surface area (Å²) < 4.78 is 26.6. The fraction of sp³-hybridized carbons (Fsp3) is 0.294. The molecule has 1 aliphatic rings. The summed E-state index contributed by atoms with van der Waals surface area (Å²) in [7, 11) is 0. The van der Waals surface area contributed by atoms with Crippen LogP contribution in [0.4, 0.5) is 8.78 Å². The Morgan fingerprint density at radius 2 is 2.04 bits per heavy atom. The quantitative estimate of drug-likeness (QED) is 0.669. The molecule has 6 heteroatoms. The van der Waals surface area contributed by atoms with Gasteiger partial charge in [0.25, 0.3) is 0 Å². The average Bonchev–Trinajstić information content (AvgIpc) is 2.92. The third-order valence-corrected chi connectivity index (χ3v) is 3.83. The largest absolute Gasteiger partial charge is 0.478 e. The number of carboxylic acids is 1. The highest BCUT2D eigenvalue weighted by Gasteiger charge is 2.36. The number of nitrogens with zero attached hydrogens (tertiary/aromatic N) is 1. The van der Waals surface area contributed by atoms with Crippen molar-refractivity contribution in [3.8, 4) is 0 Å². The van der Waals surface area contributed by atoms with E-state index in [4.69, 9.17) is 5.11 Å². The Hall–Kier alpha value is -2.50. The zero-order chi connectivity index (χ0) is 17.0. The van der Waals surface area contributed by atoms with E-state index < -0.39 is 29.7 Å². The van der Waals surface area contributed by atoms with Gasteiger partial charge in [-0.25, -0.2) is 13.6 Å². The minimum Gasteiger partial charge on any atom is -0.478 e. The Bertz CT molecular complexity index is 657. The molecule has 1 saturated heterocycles. The molecule has 1 fully saturated rings. The van der Waals surface area contributed by atoms with Gasteiger partial charge in [-0.3, -0.25) is 4.79 Å². The molecule has 0 radical (unpaired) electrons. The first-order valence-corrected chi connectivity index (χ1v) is 7.22. The zero-order valence-electron chi connectivity index (χ0n) is 12.4. The molecule has 122 valence electrons. The van der Waals surface area contributed by atoms with E-state index in [-0.39, 0.29) is 12.3 Å². The van der Waals surface area contributed by atoms with Crippen LogP contribution in [0.1, 0.15) is 30.9 Å². The zero-order valence-corrected chi connectivity index (χ0v) is 12.4. The number of hydrogen-bond donors (Lipinski definition) is 1. The molecule has 1 aliphatic heterocycles. The van der Waals surface area contributed by atoms with Gasteiger partial charge in [-0.05, 0) is 30.5 Å². The Kier molecular flexibility index (Phi) is 5.26. The normalized spacial score (nSPS) is 20.9. The van der Waals surface area contributed by atoms with Crippen molar-refractivity contribution in [2.24, 2.45) is 0 Å². The standard InChI is InChI=1S/C17H17F2NO3/c1-2-3-16(21)20-12(6-9-17(22)23)5-8-15(20)11-4-7-13(18)14(19)10-11/h2,4,6-7,9-10,12,15H,1,3,5,8H2,(H,22,23)/b9-6+/t12-,15+/m1/s1. The third-order valence-electron chi connectivity index (χ3n) is 3.83.